The van der Waals surface area contributed by atoms with Crippen LogP contribution in [0.4, 0.5) is 23.7 Å². The largest absolute Gasteiger partial charge is 0.481 e. The van der Waals surface area contributed by atoms with Gasteiger partial charge in [0.25, 0.3) is 0 Å². The molecule has 0 bridgehead atoms. The van der Waals surface area contributed by atoms with Crippen molar-refractivity contribution in [2.75, 3.05) is 5.32 Å². The van der Waals surface area contributed by atoms with Crippen molar-refractivity contribution in [2.45, 2.75) is 44.9 Å². The van der Waals surface area contributed by atoms with Gasteiger partial charge >= 0.3 is 18.2 Å². The van der Waals surface area contributed by atoms with Crippen molar-refractivity contribution in [3.8, 4) is 0 Å². The molecule has 0 saturated heterocycles. The Hall–Kier alpha value is -2.25. The molecule has 0 radical (unpaired) electrons. The average Bonchev–Trinajstić information content (AvgIpc) is 2.33. The third kappa shape index (κ3) is 6.58. The van der Waals surface area contributed by atoms with Gasteiger partial charge < -0.3 is 9.84 Å². The van der Waals surface area contributed by atoms with Crippen molar-refractivity contribution in [1.82, 2.24) is 0 Å². The summed E-state index contributed by atoms with van der Waals surface area (Å²) in [5, 5.41) is 11.0. The van der Waals surface area contributed by atoms with Crippen molar-refractivity contribution in [1.29, 1.82) is 0 Å². The van der Waals surface area contributed by atoms with Crippen LogP contribution < -0.4 is 5.32 Å². The Morgan fingerprint density at radius 2 is 1.70 bits per heavy atom. The number of hydrogen-bond donors (Lipinski definition) is 2. The molecule has 0 fully saturated rings. The number of carbonyl (C=O) groups excluding carboxylic acids is 1. The van der Waals surface area contributed by atoms with Crippen molar-refractivity contribution in [3.05, 3.63) is 29.8 Å². The number of benzene rings is 1. The van der Waals surface area contributed by atoms with E-state index in [2.05, 4.69) is 5.32 Å². The number of hydrogen-bond acceptors (Lipinski definition) is 3. The number of carboxylic acid groups (broad SMARTS) is 1. The Bertz CT molecular complexity index is 562. The number of carbonyl (C=O) groups is 2. The average molecular weight is 333 g/mol. The summed E-state index contributed by atoms with van der Waals surface area (Å²) in [7, 11) is 0. The molecule has 0 aliphatic rings. The van der Waals surface area contributed by atoms with Gasteiger partial charge in [-0.1, -0.05) is 12.1 Å². The lowest BCUT2D eigenvalue weighted by Gasteiger charge is -2.21. The number of rotatable bonds is 4. The number of amides is 1. The first-order valence-electron chi connectivity index (χ1n) is 6.77. The Labute approximate surface area is 131 Å². The van der Waals surface area contributed by atoms with Crippen molar-refractivity contribution in [3.63, 3.8) is 0 Å². The van der Waals surface area contributed by atoms with Gasteiger partial charge in [-0.15, -0.1) is 0 Å². The van der Waals surface area contributed by atoms with Gasteiger partial charge in [0.05, 0.1) is 12.3 Å². The van der Waals surface area contributed by atoms with Gasteiger partial charge in [0.15, 0.2) is 0 Å². The van der Waals surface area contributed by atoms with Crippen LogP contribution in [0.3, 0.4) is 0 Å². The fraction of sp³-hybridized carbons (Fsp3) is 0.467. The molecule has 2 N–H and O–H groups in total. The first-order chi connectivity index (χ1) is 10.4. The summed E-state index contributed by atoms with van der Waals surface area (Å²) in [6.45, 7) is 5.03. The van der Waals surface area contributed by atoms with Crippen LogP contribution in [0.15, 0.2) is 24.3 Å². The van der Waals surface area contributed by atoms with E-state index in [0.717, 1.165) is 12.1 Å². The maximum Gasteiger partial charge on any atom is 0.412 e. The molecule has 1 rings (SSSR count). The van der Waals surface area contributed by atoms with Gasteiger partial charge in [-0.2, -0.15) is 13.2 Å². The number of alkyl halides is 3. The highest BCUT2D eigenvalue weighted by Gasteiger charge is 2.41. The highest BCUT2D eigenvalue weighted by molar-refractivity contribution is 5.84. The second kappa shape index (κ2) is 6.89. The number of halogens is 3. The van der Waals surface area contributed by atoms with E-state index in [1.165, 1.54) is 12.1 Å². The summed E-state index contributed by atoms with van der Waals surface area (Å²) in [4.78, 5) is 22.2. The standard InChI is InChI=1S/C15H18F3NO4/c1-14(2,3)23-13(22)19-10-6-4-9(5-7-10)11(8-12(20)21)15(16,17)18/h4-7,11H,8H2,1-3H3,(H,19,22)(H,20,21). The molecule has 8 heteroatoms. The zero-order valence-electron chi connectivity index (χ0n) is 12.9. The topological polar surface area (TPSA) is 75.6 Å². The number of nitrogens with one attached hydrogen (secondary N) is 1. The van der Waals surface area contributed by atoms with Crippen molar-refractivity contribution < 1.29 is 32.6 Å². The summed E-state index contributed by atoms with van der Waals surface area (Å²) in [6.07, 6.45) is -6.45. The number of anilines is 1. The van der Waals surface area contributed by atoms with E-state index in [1.54, 1.807) is 20.8 Å². The predicted octanol–water partition coefficient (Wildman–Crippen LogP) is 4.15. The summed E-state index contributed by atoms with van der Waals surface area (Å²) in [5.41, 5.74) is -0.638. The SMILES string of the molecule is CC(C)(C)OC(=O)Nc1ccc(C(CC(=O)O)C(F)(F)F)cc1. The second-order valence-electron chi connectivity index (χ2n) is 5.94. The molecule has 0 spiro atoms. The van der Waals surface area contributed by atoms with E-state index in [4.69, 9.17) is 9.84 Å². The molecule has 1 atom stereocenters. The van der Waals surface area contributed by atoms with E-state index in [-0.39, 0.29) is 11.3 Å². The van der Waals surface area contributed by atoms with Crippen molar-refractivity contribution >= 4 is 17.7 Å². The highest BCUT2D eigenvalue weighted by Crippen LogP contribution is 2.37. The summed E-state index contributed by atoms with van der Waals surface area (Å²) >= 11 is 0. The highest BCUT2D eigenvalue weighted by atomic mass is 19.4. The Kier molecular flexibility index (Phi) is 5.63. The second-order valence-corrected chi connectivity index (χ2v) is 5.94. The molecule has 0 aliphatic heterocycles. The molecular weight excluding hydrogens is 315 g/mol. The van der Waals surface area contributed by atoms with Gasteiger partial charge in [0.1, 0.15) is 5.60 Å². The van der Waals surface area contributed by atoms with E-state index in [0.29, 0.717) is 0 Å². The lowest BCUT2D eigenvalue weighted by Crippen LogP contribution is -2.27. The van der Waals surface area contributed by atoms with Gasteiger partial charge in [0.2, 0.25) is 0 Å². The van der Waals surface area contributed by atoms with Crippen molar-refractivity contribution in [2.24, 2.45) is 0 Å². The lowest BCUT2D eigenvalue weighted by molar-refractivity contribution is -0.163. The number of ether oxygens (including phenoxy) is 1. The van der Waals surface area contributed by atoms with Crippen LogP contribution in [0, 0.1) is 0 Å². The maximum absolute atomic E-state index is 12.9. The molecule has 1 amide bonds. The Balaban J connectivity index is 2.86. The Morgan fingerprint density at radius 3 is 2.09 bits per heavy atom. The molecule has 0 aliphatic carbocycles. The molecular formula is C15H18F3NO4. The van der Waals surface area contributed by atoms with Crippen LogP contribution >= 0.6 is 0 Å². The molecule has 5 nitrogen and oxygen atoms in total. The quantitative estimate of drug-likeness (QED) is 0.868. The molecule has 23 heavy (non-hydrogen) atoms. The molecule has 1 aromatic rings. The maximum atomic E-state index is 12.9. The van der Waals surface area contributed by atoms with Gasteiger partial charge in [-0.3, -0.25) is 10.1 Å². The Morgan fingerprint density at radius 1 is 1.17 bits per heavy atom. The zero-order chi connectivity index (χ0) is 17.8. The summed E-state index contributed by atoms with van der Waals surface area (Å²) < 4.78 is 43.7. The third-order valence-electron chi connectivity index (χ3n) is 2.73. The molecule has 0 heterocycles. The van der Waals surface area contributed by atoms with E-state index < -0.39 is 36.2 Å². The van der Waals surface area contributed by atoms with Crippen LogP contribution in [-0.4, -0.2) is 28.9 Å². The van der Waals surface area contributed by atoms with Gasteiger partial charge in [-0.05, 0) is 38.5 Å². The normalized spacial score (nSPS) is 13.3. The van der Waals surface area contributed by atoms with Crippen LogP contribution in [-0.2, 0) is 9.53 Å². The molecule has 128 valence electrons. The fourth-order valence-electron chi connectivity index (χ4n) is 1.82. The van der Waals surface area contributed by atoms with E-state index in [1.807, 2.05) is 0 Å². The summed E-state index contributed by atoms with van der Waals surface area (Å²) in [6, 6.07) is 4.79. The van der Waals surface area contributed by atoms with E-state index in [9.17, 15) is 22.8 Å². The third-order valence-corrected chi connectivity index (χ3v) is 2.73. The number of carboxylic acids is 1. The number of aliphatic carboxylic acids is 1. The first kappa shape index (κ1) is 18.8. The minimum Gasteiger partial charge on any atom is -0.481 e. The summed E-state index contributed by atoms with van der Waals surface area (Å²) in [5.74, 6) is -3.64. The van der Waals surface area contributed by atoms with E-state index >= 15 is 0 Å². The van der Waals surface area contributed by atoms with Gasteiger partial charge in [0, 0.05) is 5.69 Å². The van der Waals surface area contributed by atoms with Crippen LogP contribution in [0.1, 0.15) is 38.7 Å². The minimum absolute atomic E-state index is 0.186. The molecule has 0 aromatic heterocycles. The molecule has 1 unspecified atom stereocenters. The van der Waals surface area contributed by atoms with Gasteiger partial charge in [-0.25, -0.2) is 4.79 Å². The fourth-order valence-corrected chi connectivity index (χ4v) is 1.82. The van der Waals surface area contributed by atoms with Crippen LogP contribution in [0.25, 0.3) is 0 Å². The molecule has 1 aromatic carbocycles. The monoisotopic (exact) mass is 333 g/mol. The first-order valence-corrected chi connectivity index (χ1v) is 6.77. The zero-order valence-corrected chi connectivity index (χ0v) is 12.9. The minimum atomic E-state index is -4.67. The predicted molar refractivity (Wildman–Crippen MR) is 77.3 cm³/mol. The smallest absolute Gasteiger partial charge is 0.412 e. The lowest BCUT2D eigenvalue weighted by atomic mass is 9.95. The van der Waals surface area contributed by atoms with Crippen LogP contribution in [0.2, 0.25) is 0 Å². The molecule has 0 saturated carbocycles. The van der Waals surface area contributed by atoms with Crippen LogP contribution in [0.5, 0.6) is 0 Å².